The third-order valence-corrected chi connectivity index (χ3v) is 5.48. The van der Waals surface area contributed by atoms with Crippen LogP contribution in [0.4, 0.5) is 0 Å². The molecule has 7 heteroatoms. The van der Waals surface area contributed by atoms with Crippen LogP contribution in [-0.2, 0) is 9.31 Å². The van der Waals surface area contributed by atoms with E-state index in [0.717, 1.165) is 6.29 Å². The van der Waals surface area contributed by atoms with Crippen LogP contribution in [0.2, 0.25) is 0 Å². The molecule has 0 amide bonds. The molecular weight excluding hydrogens is 371 g/mol. The van der Waals surface area contributed by atoms with Gasteiger partial charge < -0.3 is 18.8 Å². The average molecular weight is 396 g/mol. The minimum Gasteiger partial charge on any atom is -0.496 e. The van der Waals surface area contributed by atoms with Gasteiger partial charge in [-0.1, -0.05) is 6.07 Å². The number of benzene rings is 2. The Bertz CT molecular complexity index is 934. The largest absolute Gasteiger partial charge is 0.496 e. The van der Waals surface area contributed by atoms with Crippen molar-refractivity contribution in [2.45, 2.75) is 45.8 Å². The number of aldehydes is 1. The van der Waals surface area contributed by atoms with E-state index in [-0.39, 0.29) is 5.78 Å². The van der Waals surface area contributed by atoms with Gasteiger partial charge in [-0.25, -0.2) is 0 Å². The summed E-state index contributed by atoms with van der Waals surface area (Å²) in [5.74, 6) is 1.31. The second-order valence-electron chi connectivity index (χ2n) is 8.02. The van der Waals surface area contributed by atoms with Gasteiger partial charge in [0.1, 0.15) is 23.5 Å². The lowest BCUT2D eigenvalue weighted by molar-refractivity contribution is 0.00578. The highest BCUT2D eigenvalue weighted by atomic mass is 16.7. The molecule has 1 saturated heterocycles. The lowest BCUT2D eigenvalue weighted by Crippen LogP contribution is -2.41. The van der Waals surface area contributed by atoms with E-state index in [4.69, 9.17) is 18.8 Å². The Morgan fingerprint density at radius 3 is 2.14 bits per heavy atom. The quantitative estimate of drug-likeness (QED) is 0.420. The van der Waals surface area contributed by atoms with Crippen LogP contribution in [0, 0.1) is 0 Å². The van der Waals surface area contributed by atoms with Crippen LogP contribution in [0.1, 0.15) is 55.3 Å². The molecule has 152 valence electrons. The van der Waals surface area contributed by atoms with Crippen LogP contribution in [0.3, 0.4) is 0 Å². The van der Waals surface area contributed by atoms with Gasteiger partial charge in [0.2, 0.25) is 0 Å². The van der Waals surface area contributed by atoms with Crippen molar-refractivity contribution in [2.75, 3.05) is 7.11 Å². The Morgan fingerprint density at radius 1 is 1.00 bits per heavy atom. The van der Waals surface area contributed by atoms with Gasteiger partial charge in [0, 0.05) is 11.6 Å². The minimum absolute atomic E-state index is 0.0941. The molecule has 0 radical (unpaired) electrons. The predicted octanol–water partition coefficient (Wildman–Crippen LogP) is 3.80. The van der Waals surface area contributed by atoms with E-state index < -0.39 is 18.3 Å². The number of hydrogen-bond acceptors (Lipinski definition) is 6. The van der Waals surface area contributed by atoms with E-state index in [9.17, 15) is 9.59 Å². The van der Waals surface area contributed by atoms with E-state index in [1.807, 2.05) is 27.7 Å². The normalized spacial score (nSPS) is 17.1. The van der Waals surface area contributed by atoms with Gasteiger partial charge in [-0.2, -0.15) is 0 Å². The summed E-state index contributed by atoms with van der Waals surface area (Å²) in [6.07, 6.45) is 0.757. The number of methoxy groups -OCH3 is 1. The summed E-state index contributed by atoms with van der Waals surface area (Å²) in [7, 11) is 0.860. The molecule has 29 heavy (non-hydrogen) atoms. The van der Waals surface area contributed by atoms with Crippen molar-refractivity contribution in [2.24, 2.45) is 0 Å². The highest BCUT2D eigenvalue weighted by Crippen LogP contribution is 2.37. The van der Waals surface area contributed by atoms with Crippen molar-refractivity contribution < 1.29 is 28.4 Å². The van der Waals surface area contributed by atoms with Crippen LogP contribution in [0.25, 0.3) is 0 Å². The summed E-state index contributed by atoms with van der Waals surface area (Å²) in [6, 6.07) is 10.1. The lowest BCUT2D eigenvalue weighted by Gasteiger charge is -2.32. The summed E-state index contributed by atoms with van der Waals surface area (Å²) in [5.41, 5.74) is 0.553. The fourth-order valence-corrected chi connectivity index (χ4v) is 3.07. The van der Waals surface area contributed by atoms with Gasteiger partial charge in [0.05, 0.1) is 23.9 Å². The van der Waals surface area contributed by atoms with Crippen LogP contribution in [-0.4, -0.2) is 37.5 Å². The van der Waals surface area contributed by atoms with E-state index in [0.29, 0.717) is 33.8 Å². The first-order valence-corrected chi connectivity index (χ1v) is 9.39. The van der Waals surface area contributed by atoms with E-state index >= 15 is 0 Å². The minimum atomic E-state index is -0.635. The topological polar surface area (TPSA) is 71.1 Å². The molecule has 0 aromatic heterocycles. The number of carbonyl (C=O) groups is 2. The van der Waals surface area contributed by atoms with Crippen molar-refractivity contribution in [3.8, 4) is 17.2 Å². The molecule has 0 atom stereocenters. The van der Waals surface area contributed by atoms with Gasteiger partial charge >= 0.3 is 7.12 Å². The van der Waals surface area contributed by atoms with E-state index in [2.05, 4.69) is 0 Å². The van der Waals surface area contributed by atoms with Crippen molar-refractivity contribution in [1.29, 1.82) is 0 Å². The zero-order valence-corrected chi connectivity index (χ0v) is 17.6. The maximum atomic E-state index is 11.7. The molecule has 0 N–H and O–H groups in total. The van der Waals surface area contributed by atoms with Gasteiger partial charge in [0.25, 0.3) is 0 Å². The highest BCUT2D eigenvalue weighted by molar-refractivity contribution is 6.63. The third kappa shape index (κ3) is 4.06. The van der Waals surface area contributed by atoms with Crippen molar-refractivity contribution in [3.63, 3.8) is 0 Å². The highest BCUT2D eigenvalue weighted by Gasteiger charge is 2.52. The Labute approximate surface area is 171 Å². The van der Waals surface area contributed by atoms with Crippen LogP contribution < -0.4 is 14.9 Å². The zero-order valence-electron chi connectivity index (χ0n) is 17.6. The second kappa shape index (κ2) is 7.65. The molecule has 2 aromatic rings. The molecule has 3 rings (SSSR count). The zero-order chi connectivity index (χ0) is 21.4. The first-order chi connectivity index (χ1) is 13.6. The van der Waals surface area contributed by atoms with Gasteiger partial charge in [-0.15, -0.1) is 0 Å². The predicted molar refractivity (Wildman–Crippen MR) is 111 cm³/mol. The first kappa shape index (κ1) is 21.1. The van der Waals surface area contributed by atoms with Crippen molar-refractivity contribution in [3.05, 3.63) is 47.5 Å². The van der Waals surface area contributed by atoms with E-state index in [1.165, 1.54) is 14.0 Å². The SMILES string of the molecule is COc1cc(Oc2ccc(B3OC(C)(C)C(C)(C)O3)c(C=O)c2)ccc1C(C)=O. The summed E-state index contributed by atoms with van der Waals surface area (Å²) >= 11 is 0. The van der Waals surface area contributed by atoms with E-state index in [1.54, 1.807) is 36.4 Å². The number of hydrogen-bond donors (Lipinski definition) is 0. The Hall–Kier alpha value is -2.64. The molecule has 1 fully saturated rings. The maximum absolute atomic E-state index is 11.7. The molecule has 0 spiro atoms. The van der Waals surface area contributed by atoms with Gasteiger partial charge in [0.15, 0.2) is 5.78 Å². The van der Waals surface area contributed by atoms with Gasteiger partial charge in [-0.3, -0.25) is 9.59 Å². The molecule has 1 aliphatic rings. The third-order valence-electron chi connectivity index (χ3n) is 5.48. The lowest BCUT2D eigenvalue weighted by atomic mass is 9.76. The number of rotatable bonds is 6. The molecule has 6 nitrogen and oxygen atoms in total. The Morgan fingerprint density at radius 2 is 1.59 bits per heavy atom. The molecule has 0 saturated carbocycles. The Balaban J connectivity index is 1.87. The van der Waals surface area contributed by atoms with Crippen molar-refractivity contribution >= 4 is 24.7 Å². The summed E-state index contributed by atoms with van der Waals surface area (Å²) < 4.78 is 23.2. The van der Waals surface area contributed by atoms with Gasteiger partial charge in [-0.05, 0) is 64.3 Å². The van der Waals surface area contributed by atoms with Crippen molar-refractivity contribution in [1.82, 2.24) is 0 Å². The molecule has 1 heterocycles. The molecule has 0 bridgehead atoms. The standard InChI is InChI=1S/C22H25BO6/c1-14(25)18-9-7-17(12-20(18)26-6)27-16-8-10-19(15(11-16)13-24)23-28-21(2,3)22(4,5)29-23/h7-13H,1-6H3. The second-order valence-corrected chi connectivity index (χ2v) is 8.02. The fourth-order valence-electron chi connectivity index (χ4n) is 3.07. The smallest absolute Gasteiger partial charge is 0.495 e. The number of ether oxygens (including phenoxy) is 2. The number of Topliss-reactive ketones (excluding diaryl/α,β-unsaturated/α-hetero) is 1. The fraction of sp³-hybridized carbons (Fsp3) is 0.364. The molecule has 0 aliphatic carbocycles. The van der Waals surface area contributed by atoms with Crippen LogP contribution >= 0.6 is 0 Å². The number of ketones is 1. The summed E-state index contributed by atoms with van der Waals surface area (Å²) in [4.78, 5) is 23.4. The summed E-state index contributed by atoms with van der Waals surface area (Å²) in [5, 5.41) is 0. The molecule has 1 aliphatic heterocycles. The Kier molecular flexibility index (Phi) is 5.56. The number of carbonyl (C=O) groups excluding carboxylic acids is 2. The monoisotopic (exact) mass is 396 g/mol. The maximum Gasteiger partial charge on any atom is 0.495 e. The van der Waals surface area contributed by atoms with Crippen LogP contribution in [0.15, 0.2) is 36.4 Å². The van der Waals surface area contributed by atoms with Crippen LogP contribution in [0.5, 0.6) is 17.2 Å². The molecule has 0 unspecified atom stereocenters. The average Bonchev–Trinajstić information content (AvgIpc) is 2.88. The molecular formula is C22H25BO6. The summed E-state index contributed by atoms with van der Waals surface area (Å²) in [6.45, 7) is 9.32. The first-order valence-electron chi connectivity index (χ1n) is 9.39. The molecule has 2 aromatic carbocycles.